The fourth-order valence-electron chi connectivity index (χ4n) is 4.28. The average Bonchev–Trinajstić information content (AvgIpc) is 3.16. The van der Waals surface area contributed by atoms with Crippen LogP contribution < -0.4 is 0 Å². The van der Waals surface area contributed by atoms with Crippen LogP contribution in [0.5, 0.6) is 0 Å². The highest BCUT2D eigenvalue weighted by Gasteiger charge is 2.47. The minimum atomic E-state index is 0.811. The zero-order valence-corrected chi connectivity index (χ0v) is 12.4. The first-order chi connectivity index (χ1) is 8.70. The summed E-state index contributed by atoms with van der Waals surface area (Å²) in [4.78, 5) is 5.71. The molecule has 1 saturated carbocycles. The molecule has 0 aromatic carbocycles. The number of piperidine rings is 1. The summed E-state index contributed by atoms with van der Waals surface area (Å²) >= 11 is 0. The van der Waals surface area contributed by atoms with Crippen molar-refractivity contribution in [2.75, 3.05) is 19.6 Å². The predicted octanol–water partition coefficient (Wildman–Crippen LogP) is 2.98. The highest BCUT2D eigenvalue weighted by molar-refractivity contribution is 5.02. The Labute approximate surface area is 113 Å². The summed E-state index contributed by atoms with van der Waals surface area (Å²) in [5.74, 6) is 1.83. The van der Waals surface area contributed by atoms with Gasteiger partial charge in [0, 0.05) is 31.2 Å². The molecule has 0 radical (unpaired) electrons. The van der Waals surface area contributed by atoms with E-state index in [1.807, 2.05) is 0 Å². The Bertz CT molecular complexity index is 289. The van der Waals surface area contributed by atoms with Gasteiger partial charge in [0.2, 0.25) is 0 Å². The van der Waals surface area contributed by atoms with Crippen LogP contribution in [0, 0.1) is 11.8 Å². The van der Waals surface area contributed by atoms with Crippen LogP contribution in [-0.4, -0.2) is 47.6 Å². The van der Waals surface area contributed by atoms with Crippen molar-refractivity contribution in [3.63, 3.8) is 0 Å². The summed E-state index contributed by atoms with van der Waals surface area (Å²) in [6.07, 6.45) is 7.21. The quantitative estimate of drug-likeness (QED) is 0.760. The lowest BCUT2D eigenvalue weighted by Gasteiger charge is -2.50. The van der Waals surface area contributed by atoms with Gasteiger partial charge in [-0.2, -0.15) is 0 Å². The summed E-state index contributed by atoms with van der Waals surface area (Å²) in [5, 5.41) is 0. The SMILES string of the molecule is CCC1CC1N1CC2CCCCN2CC1C(C)C. The van der Waals surface area contributed by atoms with Gasteiger partial charge in [-0.1, -0.05) is 33.6 Å². The molecule has 0 bridgehead atoms. The molecule has 3 fully saturated rings. The molecule has 4 atom stereocenters. The minimum Gasteiger partial charge on any atom is -0.298 e. The normalized spacial score (nSPS) is 42.0. The van der Waals surface area contributed by atoms with E-state index in [0.717, 1.165) is 30.0 Å². The number of nitrogens with zero attached hydrogens (tertiary/aromatic N) is 2. The van der Waals surface area contributed by atoms with Gasteiger partial charge < -0.3 is 0 Å². The standard InChI is InChI=1S/C16H30N2/c1-4-13-9-15(13)18-10-14-7-5-6-8-17(14)11-16(18)12(2)3/h12-16H,4-11H2,1-3H3. The molecule has 2 saturated heterocycles. The lowest BCUT2D eigenvalue weighted by Crippen LogP contribution is -2.61. The Balaban J connectivity index is 1.70. The maximum Gasteiger partial charge on any atom is 0.0249 e. The Morgan fingerprint density at radius 3 is 2.67 bits per heavy atom. The molecule has 0 N–H and O–H groups in total. The summed E-state index contributed by atoms with van der Waals surface area (Å²) in [5.41, 5.74) is 0. The molecule has 2 aliphatic heterocycles. The molecule has 104 valence electrons. The number of hydrogen-bond donors (Lipinski definition) is 0. The third-order valence-electron chi connectivity index (χ3n) is 5.62. The van der Waals surface area contributed by atoms with E-state index >= 15 is 0 Å². The first-order valence-electron chi connectivity index (χ1n) is 8.20. The zero-order valence-electron chi connectivity index (χ0n) is 12.4. The van der Waals surface area contributed by atoms with E-state index in [0.29, 0.717) is 0 Å². The molecular weight excluding hydrogens is 220 g/mol. The average molecular weight is 250 g/mol. The maximum absolute atomic E-state index is 2.91. The van der Waals surface area contributed by atoms with Crippen molar-refractivity contribution in [3.05, 3.63) is 0 Å². The maximum atomic E-state index is 2.91. The van der Waals surface area contributed by atoms with Crippen LogP contribution in [0.4, 0.5) is 0 Å². The molecule has 0 amide bonds. The Morgan fingerprint density at radius 1 is 1.17 bits per heavy atom. The molecule has 2 heteroatoms. The topological polar surface area (TPSA) is 6.48 Å². The fourth-order valence-corrected chi connectivity index (χ4v) is 4.28. The van der Waals surface area contributed by atoms with Gasteiger partial charge in [0.15, 0.2) is 0 Å². The number of piperazine rings is 1. The Hall–Kier alpha value is -0.0800. The van der Waals surface area contributed by atoms with Crippen LogP contribution >= 0.6 is 0 Å². The minimum absolute atomic E-state index is 0.811. The van der Waals surface area contributed by atoms with Crippen LogP contribution in [0.25, 0.3) is 0 Å². The van der Waals surface area contributed by atoms with Crippen molar-refractivity contribution < 1.29 is 0 Å². The van der Waals surface area contributed by atoms with Gasteiger partial charge in [-0.05, 0) is 37.6 Å². The summed E-state index contributed by atoms with van der Waals surface area (Å²) in [6, 6.07) is 2.64. The molecule has 0 aromatic heterocycles. The molecule has 4 unspecified atom stereocenters. The van der Waals surface area contributed by atoms with Crippen LogP contribution in [0.2, 0.25) is 0 Å². The summed E-state index contributed by atoms with van der Waals surface area (Å²) < 4.78 is 0. The van der Waals surface area contributed by atoms with Crippen molar-refractivity contribution in [2.45, 2.75) is 71.0 Å². The second-order valence-electron chi connectivity index (χ2n) is 7.12. The Kier molecular flexibility index (Phi) is 3.68. The third-order valence-corrected chi connectivity index (χ3v) is 5.62. The molecule has 2 heterocycles. The molecule has 3 rings (SSSR count). The lowest BCUT2D eigenvalue weighted by atomic mass is 9.92. The van der Waals surface area contributed by atoms with E-state index in [1.54, 1.807) is 0 Å². The van der Waals surface area contributed by atoms with Crippen molar-refractivity contribution in [2.24, 2.45) is 11.8 Å². The van der Waals surface area contributed by atoms with Gasteiger partial charge in [0.05, 0.1) is 0 Å². The zero-order chi connectivity index (χ0) is 12.7. The molecule has 2 nitrogen and oxygen atoms in total. The largest absolute Gasteiger partial charge is 0.298 e. The smallest absolute Gasteiger partial charge is 0.0249 e. The van der Waals surface area contributed by atoms with Crippen LogP contribution in [0.3, 0.4) is 0 Å². The highest BCUT2D eigenvalue weighted by atomic mass is 15.3. The molecule has 0 aromatic rings. The van der Waals surface area contributed by atoms with Gasteiger partial charge in [-0.15, -0.1) is 0 Å². The van der Waals surface area contributed by atoms with Crippen molar-refractivity contribution in [1.29, 1.82) is 0 Å². The van der Waals surface area contributed by atoms with Gasteiger partial charge in [-0.3, -0.25) is 9.80 Å². The number of rotatable bonds is 3. The molecular formula is C16H30N2. The van der Waals surface area contributed by atoms with Gasteiger partial charge in [0.25, 0.3) is 0 Å². The third kappa shape index (κ3) is 2.34. The highest BCUT2D eigenvalue weighted by Crippen LogP contribution is 2.42. The predicted molar refractivity (Wildman–Crippen MR) is 76.7 cm³/mol. The number of hydrogen-bond acceptors (Lipinski definition) is 2. The van der Waals surface area contributed by atoms with E-state index in [2.05, 4.69) is 30.6 Å². The van der Waals surface area contributed by atoms with Crippen molar-refractivity contribution in [3.8, 4) is 0 Å². The van der Waals surface area contributed by atoms with E-state index < -0.39 is 0 Å². The van der Waals surface area contributed by atoms with E-state index in [9.17, 15) is 0 Å². The number of fused-ring (bicyclic) bond motifs is 1. The van der Waals surface area contributed by atoms with Crippen LogP contribution in [-0.2, 0) is 0 Å². The second kappa shape index (κ2) is 5.13. The molecule has 3 aliphatic rings. The van der Waals surface area contributed by atoms with E-state index in [1.165, 1.54) is 51.7 Å². The van der Waals surface area contributed by atoms with E-state index in [-0.39, 0.29) is 0 Å². The van der Waals surface area contributed by atoms with Crippen molar-refractivity contribution >= 4 is 0 Å². The van der Waals surface area contributed by atoms with Gasteiger partial charge in [0.1, 0.15) is 0 Å². The van der Waals surface area contributed by atoms with Crippen molar-refractivity contribution in [1.82, 2.24) is 9.80 Å². The lowest BCUT2D eigenvalue weighted by molar-refractivity contribution is -0.0145. The molecule has 1 aliphatic carbocycles. The first kappa shape index (κ1) is 12.9. The summed E-state index contributed by atoms with van der Waals surface area (Å²) in [7, 11) is 0. The first-order valence-corrected chi connectivity index (χ1v) is 8.20. The van der Waals surface area contributed by atoms with Gasteiger partial charge >= 0.3 is 0 Å². The van der Waals surface area contributed by atoms with E-state index in [4.69, 9.17) is 0 Å². The van der Waals surface area contributed by atoms with Crippen LogP contribution in [0.1, 0.15) is 52.9 Å². The van der Waals surface area contributed by atoms with Crippen LogP contribution in [0.15, 0.2) is 0 Å². The monoisotopic (exact) mass is 250 g/mol. The Morgan fingerprint density at radius 2 is 2.00 bits per heavy atom. The summed E-state index contributed by atoms with van der Waals surface area (Å²) in [6.45, 7) is 11.3. The second-order valence-corrected chi connectivity index (χ2v) is 7.12. The molecule has 18 heavy (non-hydrogen) atoms. The fraction of sp³-hybridized carbons (Fsp3) is 1.00. The molecule has 0 spiro atoms. The van der Waals surface area contributed by atoms with Gasteiger partial charge in [-0.25, -0.2) is 0 Å².